The molecule has 0 aromatic rings. The van der Waals surface area contributed by atoms with Gasteiger partial charge in [-0.3, -0.25) is 10.4 Å². The van der Waals surface area contributed by atoms with Crippen LogP contribution in [0.15, 0.2) is 0 Å². The van der Waals surface area contributed by atoms with Crippen molar-refractivity contribution in [2.75, 3.05) is 20.6 Å². The summed E-state index contributed by atoms with van der Waals surface area (Å²) in [6.45, 7) is 3.44. The molecule has 1 rings (SSSR count). The van der Waals surface area contributed by atoms with Crippen LogP contribution in [0.1, 0.15) is 26.2 Å². The molecule has 3 heteroatoms. The van der Waals surface area contributed by atoms with E-state index >= 15 is 0 Å². The minimum absolute atomic E-state index is 0.579. The molecule has 1 heterocycles. The maximum atomic E-state index is 3.50. The highest BCUT2D eigenvalue weighted by Gasteiger charge is 2.16. The predicted molar refractivity (Wildman–Crippen MR) is 51.9 cm³/mol. The van der Waals surface area contributed by atoms with E-state index in [1.807, 2.05) is 19.1 Å². The van der Waals surface area contributed by atoms with E-state index in [-0.39, 0.29) is 0 Å². The molecule has 2 N–H and O–H groups in total. The average molecular weight is 171 g/mol. The number of hydrogen-bond donors (Lipinski definition) is 2. The summed E-state index contributed by atoms with van der Waals surface area (Å²) < 4.78 is 0. The first kappa shape index (κ1) is 9.96. The van der Waals surface area contributed by atoms with E-state index in [9.17, 15) is 0 Å². The van der Waals surface area contributed by atoms with Gasteiger partial charge in [-0.1, -0.05) is 0 Å². The van der Waals surface area contributed by atoms with Gasteiger partial charge < -0.3 is 5.32 Å². The van der Waals surface area contributed by atoms with Gasteiger partial charge in [-0.05, 0) is 32.7 Å². The van der Waals surface area contributed by atoms with E-state index in [1.165, 1.54) is 25.8 Å². The highest BCUT2D eigenvalue weighted by Crippen LogP contribution is 2.10. The van der Waals surface area contributed by atoms with Crippen LogP contribution in [-0.2, 0) is 0 Å². The van der Waals surface area contributed by atoms with Crippen LogP contribution in [0.25, 0.3) is 0 Å². The summed E-state index contributed by atoms with van der Waals surface area (Å²) in [5.41, 5.74) is 3.36. The van der Waals surface area contributed by atoms with E-state index < -0.39 is 0 Å². The Morgan fingerprint density at radius 3 is 2.83 bits per heavy atom. The lowest BCUT2D eigenvalue weighted by Gasteiger charge is -2.22. The zero-order valence-electron chi connectivity index (χ0n) is 8.43. The summed E-state index contributed by atoms with van der Waals surface area (Å²) in [6.07, 6.45) is 3.93. The fraction of sp³-hybridized carbons (Fsp3) is 1.00. The molecule has 0 aromatic heterocycles. The van der Waals surface area contributed by atoms with E-state index in [0.717, 1.165) is 6.04 Å². The Bertz CT molecular complexity index is 119. The molecule has 0 amide bonds. The Balaban J connectivity index is 2.11. The van der Waals surface area contributed by atoms with E-state index in [0.29, 0.717) is 6.04 Å². The van der Waals surface area contributed by atoms with E-state index in [4.69, 9.17) is 0 Å². The predicted octanol–water partition coefficient (Wildman–Crippen LogP) is 0.583. The fourth-order valence-corrected chi connectivity index (χ4v) is 1.88. The van der Waals surface area contributed by atoms with Gasteiger partial charge in [-0.2, -0.15) is 0 Å². The quantitative estimate of drug-likeness (QED) is 0.606. The topological polar surface area (TPSA) is 27.3 Å². The highest BCUT2D eigenvalue weighted by molar-refractivity contribution is 4.77. The van der Waals surface area contributed by atoms with Gasteiger partial charge >= 0.3 is 0 Å². The van der Waals surface area contributed by atoms with Crippen molar-refractivity contribution in [2.24, 2.45) is 0 Å². The second kappa shape index (κ2) is 4.80. The van der Waals surface area contributed by atoms with Crippen LogP contribution in [0.2, 0.25) is 0 Å². The molecular formula is C9H21N3. The van der Waals surface area contributed by atoms with Crippen LogP contribution in [0.4, 0.5) is 0 Å². The van der Waals surface area contributed by atoms with Crippen molar-refractivity contribution in [3.63, 3.8) is 0 Å². The number of hydrogen-bond acceptors (Lipinski definition) is 3. The molecule has 0 aliphatic carbocycles. The van der Waals surface area contributed by atoms with Gasteiger partial charge in [0.05, 0.1) is 0 Å². The molecule has 1 fully saturated rings. The molecule has 72 valence electrons. The molecule has 0 spiro atoms. The smallest absolute Gasteiger partial charge is 0.0201 e. The van der Waals surface area contributed by atoms with Crippen molar-refractivity contribution < 1.29 is 0 Å². The normalized spacial score (nSPS) is 26.5. The third kappa shape index (κ3) is 3.52. The van der Waals surface area contributed by atoms with Crippen LogP contribution in [0.3, 0.4) is 0 Å². The molecule has 1 saturated heterocycles. The second-order valence-electron chi connectivity index (χ2n) is 3.95. The van der Waals surface area contributed by atoms with Crippen molar-refractivity contribution in [1.82, 2.24) is 15.8 Å². The first-order valence-electron chi connectivity index (χ1n) is 4.85. The summed E-state index contributed by atoms with van der Waals surface area (Å²) in [5, 5.41) is 5.53. The van der Waals surface area contributed by atoms with Gasteiger partial charge in [0.15, 0.2) is 0 Å². The summed E-state index contributed by atoms with van der Waals surface area (Å²) >= 11 is 0. The Kier molecular flexibility index (Phi) is 3.98. The van der Waals surface area contributed by atoms with Crippen LogP contribution in [0.5, 0.6) is 0 Å². The van der Waals surface area contributed by atoms with Crippen LogP contribution >= 0.6 is 0 Å². The van der Waals surface area contributed by atoms with E-state index in [1.54, 1.807) is 0 Å². The molecule has 1 aliphatic heterocycles. The Hall–Kier alpha value is -0.120. The molecule has 0 saturated carbocycles. The average Bonchev–Trinajstić information content (AvgIpc) is 2.37. The van der Waals surface area contributed by atoms with E-state index in [2.05, 4.69) is 17.7 Å². The van der Waals surface area contributed by atoms with Gasteiger partial charge in [0.1, 0.15) is 0 Å². The molecule has 1 aliphatic rings. The van der Waals surface area contributed by atoms with Crippen molar-refractivity contribution in [2.45, 2.75) is 38.3 Å². The summed E-state index contributed by atoms with van der Waals surface area (Å²) in [6, 6.07) is 1.32. The molecule has 0 bridgehead atoms. The lowest BCUT2D eigenvalue weighted by molar-refractivity contribution is 0.234. The van der Waals surface area contributed by atoms with Crippen LogP contribution in [-0.4, -0.2) is 37.7 Å². The Labute approximate surface area is 75.5 Å². The minimum atomic E-state index is 0.579. The van der Waals surface area contributed by atoms with Gasteiger partial charge in [0.2, 0.25) is 0 Å². The van der Waals surface area contributed by atoms with Crippen LogP contribution in [0, 0.1) is 0 Å². The van der Waals surface area contributed by atoms with Crippen molar-refractivity contribution >= 4 is 0 Å². The molecule has 3 nitrogen and oxygen atoms in total. The molecule has 2 atom stereocenters. The molecular weight excluding hydrogens is 150 g/mol. The van der Waals surface area contributed by atoms with Crippen molar-refractivity contribution in [3.05, 3.63) is 0 Å². The summed E-state index contributed by atoms with van der Waals surface area (Å²) in [4.78, 5) is 0. The zero-order chi connectivity index (χ0) is 8.97. The first-order valence-corrected chi connectivity index (χ1v) is 4.85. The SMILES string of the molecule is CC(CC1CCCN1)NN(C)C. The lowest BCUT2D eigenvalue weighted by atomic mass is 10.1. The molecule has 12 heavy (non-hydrogen) atoms. The fourth-order valence-electron chi connectivity index (χ4n) is 1.88. The Morgan fingerprint density at radius 1 is 1.58 bits per heavy atom. The van der Waals surface area contributed by atoms with Crippen molar-refractivity contribution in [3.8, 4) is 0 Å². The molecule has 0 radical (unpaired) electrons. The van der Waals surface area contributed by atoms with Gasteiger partial charge in [-0.25, -0.2) is 0 Å². The highest BCUT2D eigenvalue weighted by atomic mass is 15.5. The number of nitrogens with zero attached hydrogens (tertiary/aromatic N) is 1. The van der Waals surface area contributed by atoms with Gasteiger partial charge in [-0.15, -0.1) is 0 Å². The third-order valence-corrected chi connectivity index (χ3v) is 2.28. The number of hydrazine groups is 1. The minimum Gasteiger partial charge on any atom is -0.314 e. The van der Waals surface area contributed by atoms with Crippen molar-refractivity contribution in [1.29, 1.82) is 0 Å². The van der Waals surface area contributed by atoms with Gasteiger partial charge in [0.25, 0.3) is 0 Å². The largest absolute Gasteiger partial charge is 0.314 e. The first-order chi connectivity index (χ1) is 5.68. The Morgan fingerprint density at radius 2 is 2.33 bits per heavy atom. The maximum absolute atomic E-state index is 3.50. The summed E-state index contributed by atoms with van der Waals surface area (Å²) in [7, 11) is 4.08. The maximum Gasteiger partial charge on any atom is 0.0201 e. The zero-order valence-corrected chi connectivity index (χ0v) is 8.43. The monoisotopic (exact) mass is 171 g/mol. The molecule has 2 unspecified atom stereocenters. The summed E-state index contributed by atoms with van der Waals surface area (Å²) in [5.74, 6) is 0. The standard InChI is InChI=1S/C9H21N3/c1-8(11-12(2)3)7-9-5-4-6-10-9/h8-11H,4-7H2,1-3H3. The number of nitrogens with one attached hydrogen (secondary N) is 2. The van der Waals surface area contributed by atoms with Gasteiger partial charge in [0, 0.05) is 26.2 Å². The second-order valence-corrected chi connectivity index (χ2v) is 3.95. The molecule has 0 aromatic carbocycles. The van der Waals surface area contributed by atoms with Crippen LogP contribution < -0.4 is 10.7 Å². The lowest BCUT2D eigenvalue weighted by Crippen LogP contribution is -2.41. The number of rotatable bonds is 4. The third-order valence-electron chi connectivity index (χ3n) is 2.28.